The zero-order chi connectivity index (χ0) is 12.9. The predicted molar refractivity (Wildman–Crippen MR) is 79.9 cm³/mol. The van der Waals surface area contributed by atoms with Crippen molar-refractivity contribution in [3.05, 3.63) is 35.3 Å². The smallest absolute Gasteiger partial charge is 0.205 e. The minimum absolute atomic E-state index is 0.702. The van der Waals surface area contributed by atoms with Gasteiger partial charge in [-0.2, -0.15) is 0 Å². The van der Waals surface area contributed by atoms with Crippen molar-refractivity contribution in [2.45, 2.75) is 25.2 Å². The van der Waals surface area contributed by atoms with Crippen LogP contribution in [0.25, 0.3) is 0 Å². The van der Waals surface area contributed by atoms with Gasteiger partial charge in [0.05, 0.1) is 0 Å². The second kappa shape index (κ2) is 6.02. The summed E-state index contributed by atoms with van der Waals surface area (Å²) in [6, 6.07) is 10.3. The van der Waals surface area contributed by atoms with Crippen LogP contribution in [0.4, 0.5) is 10.8 Å². The summed E-state index contributed by atoms with van der Waals surface area (Å²) in [6.45, 7) is 1.89. The van der Waals surface area contributed by atoms with Crippen LogP contribution in [0.15, 0.2) is 30.3 Å². The highest BCUT2D eigenvalue weighted by Crippen LogP contribution is 2.41. The number of rotatable bonds is 7. The van der Waals surface area contributed by atoms with E-state index in [1.165, 1.54) is 23.5 Å². The third kappa shape index (κ3) is 3.67. The van der Waals surface area contributed by atoms with Crippen LogP contribution in [0.1, 0.15) is 30.2 Å². The van der Waals surface area contributed by atoms with Gasteiger partial charge in [0.1, 0.15) is 5.01 Å². The van der Waals surface area contributed by atoms with Crippen molar-refractivity contribution in [2.75, 3.05) is 23.7 Å². The molecule has 2 N–H and O–H groups in total. The highest BCUT2D eigenvalue weighted by molar-refractivity contribution is 7.15. The van der Waals surface area contributed by atoms with Crippen molar-refractivity contribution in [2.24, 2.45) is 0 Å². The molecule has 2 aromatic rings. The summed E-state index contributed by atoms with van der Waals surface area (Å²) in [5.41, 5.74) is 1.18. The van der Waals surface area contributed by atoms with E-state index in [2.05, 4.69) is 33.0 Å². The summed E-state index contributed by atoms with van der Waals surface area (Å²) < 4.78 is 0. The van der Waals surface area contributed by atoms with Gasteiger partial charge in [0.2, 0.25) is 5.13 Å². The van der Waals surface area contributed by atoms with Crippen LogP contribution in [-0.4, -0.2) is 23.3 Å². The molecule has 0 radical (unpaired) electrons. The van der Waals surface area contributed by atoms with Gasteiger partial charge in [0.15, 0.2) is 0 Å². The molecule has 1 aliphatic carbocycles. The summed E-state index contributed by atoms with van der Waals surface area (Å²) in [4.78, 5) is 0. The average molecular weight is 274 g/mol. The van der Waals surface area contributed by atoms with Crippen LogP contribution in [0, 0.1) is 0 Å². The van der Waals surface area contributed by atoms with E-state index in [1.807, 2.05) is 18.2 Å². The molecule has 4 nitrogen and oxygen atoms in total. The zero-order valence-electron chi connectivity index (χ0n) is 10.8. The highest BCUT2D eigenvalue weighted by Gasteiger charge is 2.27. The van der Waals surface area contributed by atoms with E-state index in [9.17, 15) is 0 Å². The molecule has 1 fully saturated rings. The van der Waals surface area contributed by atoms with E-state index in [0.717, 1.165) is 24.6 Å². The van der Waals surface area contributed by atoms with Crippen LogP contribution in [-0.2, 0) is 0 Å². The number of aromatic nitrogens is 2. The van der Waals surface area contributed by atoms with Gasteiger partial charge in [-0.25, -0.2) is 0 Å². The Kier molecular flexibility index (Phi) is 3.93. The molecule has 1 aliphatic rings. The van der Waals surface area contributed by atoms with Crippen molar-refractivity contribution in [1.82, 2.24) is 10.2 Å². The van der Waals surface area contributed by atoms with Crippen LogP contribution >= 0.6 is 11.3 Å². The second-order valence-corrected chi connectivity index (χ2v) is 5.80. The van der Waals surface area contributed by atoms with E-state index in [-0.39, 0.29) is 0 Å². The lowest BCUT2D eigenvalue weighted by Gasteiger charge is -2.06. The van der Waals surface area contributed by atoms with Gasteiger partial charge in [-0.3, -0.25) is 0 Å². The molecule has 19 heavy (non-hydrogen) atoms. The van der Waals surface area contributed by atoms with Gasteiger partial charge in [-0.05, 0) is 31.4 Å². The first-order valence-electron chi connectivity index (χ1n) is 6.78. The molecule has 1 heterocycles. The van der Waals surface area contributed by atoms with Crippen LogP contribution in [0.3, 0.4) is 0 Å². The molecule has 0 aliphatic heterocycles. The minimum Gasteiger partial charge on any atom is -0.385 e. The van der Waals surface area contributed by atoms with Crippen LogP contribution < -0.4 is 10.6 Å². The molecule has 5 heteroatoms. The fourth-order valence-electron chi connectivity index (χ4n) is 1.87. The molecule has 3 rings (SSSR count). The summed E-state index contributed by atoms with van der Waals surface area (Å²) in [7, 11) is 0. The van der Waals surface area contributed by atoms with Gasteiger partial charge in [-0.1, -0.05) is 29.5 Å². The fourth-order valence-corrected chi connectivity index (χ4v) is 2.81. The highest BCUT2D eigenvalue weighted by atomic mass is 32.1. The lowest BCUT2D eigenvalue weighted by Crippen LogP contribution is -2.08. The topological polar surface area (TPSA) is 49.8 Å². The van der Waals surface area contributed by atoms with E-state index in [1.54, 1.807) is 11.3 Å². The number of hydrogen-bond acceptors (Lipinski definition) is 5. The zero-order valence-corrected chi connectivity index (χ0v) is 11.6. The van der Waals surface area contributed by atoms with Crippen LogP contribution in [0.2, 0.25) is 0 Å². The Morgan fingerprint density at radius 3 is 2.63 bits per heavy atom. The molecule has 0 spiro atoms. The number of nitrogens with one attached hydrogen (secondary N) is 2. The third-order valence-corrected chi connectivity index (χ3v) is 4.14. The van der Waals surface area contributed by atoms with E-state index < -0.39 is 0 Å². The summed E-state index contributed by atoms with van der Waals surface area (Å²) in [5, 5.41) is 17.3. The first kappa shape index (κ1) is 12.4. The summed E-state index contributed by atoms with van der Waals surface area (Å²) in [6.07, 6.45) is 3.64. The second-order valence-electron chi connectivity index (χ2n) is 4.79. The molecule has 1 aromatic carbocycles. The van der Waals surface area contributed by atoms with E-state index in [0.29, 0.717) is 5.92 Å². The standard InChI is InChI=1S/C14H18N4S/c1-2-5-12(6-3-1)15-9-4-10-16-14-18-17-13(19-14)11-7-8-11/h1-3,5-6,11,15H,4,7-10H2,(H,16,18). The summed E-state index contributed by atoms with van der Waals surface area (Å²) >= 11 is 1.70. The number of hydrogen-bond donors (Lipinski definition) is 2. The van der Waals surface area contributed by atoms with Crippen molar-refractivity contribution >= 4 is 22.2 Å². The minimum atomic E-state index is 0.702. The van der Waals surface area contributed by atoms with Crippen molar-refractivity contribution < 1.29 is 0 Å². The molecule has 0 atom stereocenters. The monoisotopic (exact) mass is 274 g/mol. The maximum absolute atomic E-state index is 4.22. The average Bonchev–Trinajstić information content (AvgIpc) is 3.20. The Morgan fingerprint density at radius 1 is 1.05 bits per heavy atom. The van der Waals surface area contributed by atoms with Gasteiger partial charge < -0.3 is 10.6 Å². The Bertz CT molecular complexity index is 507. The van der Waals surface area contributed by atoms with Crippen LogP contribution in [0.5, 0.6) is 0 Å². The fraction of sp³-hybridized carbons (Fsp3) is 0.429. The van der Waals surface area contributed by atoms with Crippen molar-refractivity contribution in [3.8, 4) is 0 Å². The lowest BCUT2D eigenvalue weighted by molar-refractivity contribution is 0.898. The SMILES string of the molecule is c1ccc(NCCCNc2nnc(C3CC3)s2)cc1. The Balaban J connectivity index is 1.34. The molecule has 0 unspecified atom stereocenters. The maximum atomic E-state index is 4.22. The summed E-state index contributed by atoms with van der Waals surface area (Å²) in [5.74, 6) is 0.702. The van der Waals surface area contributed by atoms with Crippen molar-refractivity contribution in [3.63, 3.8) is 0 Å². The molecular formula is C14H18N4S. The molecule has 0 saturated heterocycles. The van der Waals surface area contributed by atoms with Crippen molar-refractivity contribution in [1.29, 1.82) is 0 Å². The number of anilines is 2. The number of benzene rings is 1. The number of nitrogens with zero attached hydrogens (tertiary/aromatic N) is 2. The third-order valence-electron chi connectivity index (χ3n) is 3.10. The van der Waals surface area contributed by atoms with E-state index >= 15 is 0 Å². The maximum Gasteiger partial charge on any atom is 0.205 e. The Hall–Kier alpha value is -1.62. The predicted octanol–water partition coefficient (Wildman–Crippen LogP) is 3.33. The van der Waals surface area contributed by atoms with Gasteiger partial charge in [0, 0.05) is 24.7 Å². The Labute approximate surface area is 117 Å². The first-order chi connectivity index (χ1) is 9.42. The number of para-hydroxylation sites is 1. The van der Waals surface area contributed by atoms with Gasteiger partial charge in [0.25, 0.3) is 0 Å². The molecule has 1 aromatic heterocycles. The first-order valence-corrected chi connectivity index (χ1v) is 7.59. The Morgan fingerprint density at radius 2 is 1.84 bits per heavy atom. The quantitative estimate of drug-likeness (QED) is 0.760. The lowest BCUT2D eigenvalue weighted by atomic mass is 10.3. The molecule has 0 bridgehead atoms. The molecule has 100 valence electrons. The van der Waals surface area contributed by atoms with E-state index in [4.69, 9.17) is 0 Å². The van der Waals surface area contributed by atoms with Gasteiger partial charge in [-0.15, -0.1) is 10.2 Å². The largest absolute Gasteiger partial charge is 0.385 e. The molecule has 0 amide bonds. The normalized spacial score (nSPS) is 14.3. The van der Waals surface area contributed by atoms with Gasteiger partial charge >= 0.3 is 0 Å². The molecule has 1 saturated carbocycles. The molecular weight excluding hydrogens is 256 g/mol.